The van der Waals surface area contributed by atoms with Crippen LogP contribution in [0.15, 0.2) is 23.2 Å². The molecule has 0 aliphatic carbocycles. The van der Waals surface area contributed by atoms with Crippen LogP contribution in [0.4, 0.5) is 10.5 Å². The van der Waals surface area contributed by atoms with Crippen LogP contribution < -0.4 is 16.0 Å². The molecule has 0 aromatic heterocycles. The van der Waals surface area contributed by atoms with Crippen molar-refractivity contribution in [3.63, 3.8) is 0 Å². The summed E-state index contributed by atoms with van der Waals surface area (Å²) in [4.78, 5) is 15.8. The van der Waals surface area contributed by atoms with Crippen molar-refractivity contribution in [1.29, 1.82) is 0 Å². The molecule has 2 rings (SSSR count). The maximum Gasteiger partial charge on any atom is 0.326 e. The Balaban J connectivity index is 2.01. The number of urea groups is 1. The molecule has 1 aromatic rings. The number of para-hydroxylation sites is 1. The van der Waals surface area contributed by atoms with Gasteiger partial charge in [-0.3, -0.25) is 10.3 Å². The second-order valence-corrected chi connectivity index (χ2v) is 4.50. The molecule has 1 heterocycles. The van der Waals surface area contributed by atoms with Gasteiger partial charge in [-0.1, -0.05) is 29.3 Å². The van der Waals surface area contributed by atoms with Gasteiger partial charge in [0.1, 0.15) is 0 Å². The van der Waals surface area contributed by atoms with Gasteiger partial charge >= 0.3 is 6.03 Å². The van der Waals surface area contributed by atoms with Gasteiger partial charge in [0.15, 0.2) is 5.96 Å². The highest BCUT2D eigenvalue weighted by atomic mass is 35.5. The third kappa shape index (κ3) is 3.27. The minimum absolute atomic E-state index is 0.384. The minimum atomic E-state index is -0.432. The van der Waals surface area contributed by atoms with Gasteiger partial charge in [-0.15, -0.1) is 0 Å². The first-order valence-corrected chi connectivity index (χ1v) is 6.23. The number of hydrogen-bond donors (Lipinski definition) is 3. The SMILES string of the molecule is O=C(NC1=NCCCN1)Nc1c(Cl)cccc1Cl. The average molecular weight is 287 g/mol. The van der Waals surface area contributed by atoms with Gasteiger partial charge < -0.3 is 10.6 Å². The Hall–Kier alpha value is -1.46. The summed E-state index contributed by atoms with van der Waals surface area (Å²) in [5.74, 6) is 0.460. The molecule has 18 heavy (non-hydrogen) atoms. The number of carbonyl (C=O) groups is 1. The molecule has 0 saturated heterocycles. The van der Waals surface area contributed by atoms with E-state index < -0.39 is 6.03 Å². The highest BCUT2D eigenvalue weighted by Crippen LogP contribution is 2.29. The number of benzene rings is 1. The van der Waals surface area contributed by atoms with Crippen LogP contribution in [-0.2, 0) is 0 Å². The molecule has 0 saturated carbocycles. The van der Waals surface area contributed by atoms with Gasteiger partial charge in [-0.05, 0) is 18.6 Å². The first kappa shape index (κ1) is 13.0. The Morgan fingerprint density at radius 3 is 2.61 bits per heavy atom. The van der Waals surface area contributed by atoms with E-state index in [-0.39, 0.29) is 0 Å². The van der Waals surface area contributed by atoms with Crippen molar-refractivity contribution in [2.75, 3.05) is 18.4 Å². The smallest absolute Gasteiger partial charge is 0.326 e. The molecule has 5 nitrogen and oxygen atoms in total. The third-order valence-corrected chi connectivity index (χ3v) is 2.96. The minimum Gasteiger partial charge on any atom is -0.356 e. The Labute approximate surface area is 115 Å². The molecule has 0 unspecified atom stereocenters. The summed E-state index contributed by atoms with van der Waals surface area (Å²) >= 11 is 11.9. The molecule has 1 aliphatic rings. The van der Waals surface area contributed by atoms with Gasteiger partial charge in [0, 0.05) is 13.1 Å². The molecule has 2 amide bonds. The zero-order chi connectivity index (χ0) is 13.0. The Morgan fingerprint density at radius 1 is 1.28 bits per heavy atom. The average Bonchev–Trinajstić information content (AvgIpc) is 2.35. The van der Waals surface area contributed by atoms with Crippen LogP contribution in [0.5, 0.6) is 0 Å². The monoisotopic (exact) mass is 286 g/mol. The molecule has 96 valence electrons. The third-order valence-electron chi connectivity index (χ3n) is 2.33. The van der Waals surface area contributed by atoms with Crippen molar-refractivity contribution in [3.8, 4) is 0 Å². The van der Waals surface area contributed by atoms with Crippen LogP contribution in [0.2, 0.25) is 10.0 Å². The number of nitrogens with zero attached hydrogens (tertiary/aromatic N) is 1. The van der Waals surface area contributed by atoms with E-state index in [2.05, 4.69) is 20.9 Å². The van der Waals surface area contributed by atoms with E-state index in [0.717, 1.165) is 13.0 Å². The van der Waals surface area contributed by atoms with Gasteiger partial charge in [0.05, 0.1) is 15.7 Å². The highest BCUT2D eigenvalue weighted by molar-refractivity contribution is 6.39. The number of anilines is 1. The van der Waals surface area contributed by atoms with Gasteiger partial charge in [-0.25, -0.2) is 4.79 Å². The number of aliphatic imine (C=N–C) groups is 1. The fourth-order valence-corrected chi connectivity index (χ4v) is 1.98. The predicted molar refractivity (Wildman–Crippen MR) is 73.5 cm³/mol. The number of nitrogens with one attached hydrogen (secondary N) is 3. The quantitative estimate of drug-likeness (QED) is 0.743. The van der Waals surface area contributed by atoms with Crippen LogP contribution in [-0.4, -0.2) is 25.1 Å². The molecular weight excluding hydrogens is 275 g/mol. The predicted octanol–water partition coefficient (Wildman–Crippen LogP) is 2.46. The van der Waals surface area contributed by atoms with Crippen LogP contribution in [0.1, 0.15) is 6.42 Å². The van der Waals surface area contributed by atoms with Crippen molar-refractivity contribution >= 4 is 40.9 Å². The molecule has 3 N–H and O–H groups in total. The van der Waals surface area contributed by atoms with E-state index in [1.807, 2.05) is 0 Å². The normalized spacial score (nSPS) is 14.4. The van der Waals surface area contributed by atoms with Crippen molar-refractivity contribution in [2.45, 2.75) is 6.42 Å². The zero-order valence-electron chi connectivity index (χ0n) is 9.46. The summed E-state index contributed by atoms with van der Waals surface area (Å²) in [6, 6.07) is 4.58. The van der Waals surface area contributed by atoms with Crippen LogP contribution in [0.25, 0.3) is 0 Å². The van der Waals surface area contributed by atoms with Gasteiger partial charge in [0.2, 0.25) is 0 Å². The maximum absolute atomic E-state index is 11.7. The van der Waals surface area contributed by atoms with E-state index in [4.69, 9.17) is 23.2 Å². The molecule has 0 fully saturated rings. The molecule has 0 radical (unpaired) electrons. The number of halogens is 2. The molecule has 0 bridgehead atoms. The fourth-order valence-electron chi connectivity index (χ4n) is 1.49. The highest BCUT2D eigenvalue weighted by Gasteiger charge is 2.12. The maximum atomic E-state index is 11.7. The number of guanidine groups is 1. The summed E-state index contributed by atoms with van der Waals surface area (Å²) in [7, 11) is 0. The molecule has 1 aliphatic heterocycles. The van der Waals surface area contributed by atoms with E-state index in [1.54, 1.807) is 18.2 Å². The van der Waals surface area contributed by atoms with Crippen molar-refractivity contribution < 1.29 is 4.79 Å². The molecular formula is C11H12Cl2N4O. The largest absolute Gasteiger partial charge is 0.356 e. The summed E-state index contributed by atoms with van der Waals surface area (Å²) in [6.07, 6.45) is 0.961. The summed E-state index contributed by atoms with van der Waals surface area (Å²) < 4.78 is 0. The number of carbonyl (C=O) groups excluding carboxylic acids is 1. The number of amides is 2. The summed E-state index contributed by atoms with van der Waals surface area (Å²) in [6.45, 7) is 1.50. The number of rotatable bonds is 1. The standard InChI is InChI=1S/C11H12Cl2N4O/c12-7-3-1-4-8(13)9(7)16-11(18)17-10-14-5-2-6-15-10/h1,3-4H,2,5-6H2,(H3,14,15,16,17,18). The number of hydrogen-bond acceptors (Lipinski definition) is 3. The lowest BCUT2D eigenvalue weighted by Gasteiger charge is -2.16. The van der Waals surface area contributed by atoms with Gasteiger partial charge in [-0.2, -0.15) is 0 Å². The lowest BCUT2D eigenvalue weighted by molar-refractivity contribution is 0.255. The van der Waals surface area contributed by atoms with Crippen molar-refractivity contribution in [3.05, 3.63) is 28.2 Å². The zero-order valence-corrected chi connectivity index (χ0v) is 11.0. The second kappa shape index (κ2) is 5.93. The first-order chi connectivity index (χ1) is 8.66. The Bertz CT molecular complexity index is 470. The molecule has 1 aromatic carbocycles. The Morgan fingerprint density at radius 2 is 2.00 bits per heavy atom. The van der Waals surface area contributed by atoms with E-state index >= 15 is 0 Å². The second-order valence-electron chi connectivity index (χ2n) is 3.69. The van der Waals surface area contributed by atoms with Gasteiger partial charge in [0.25, 0.3) is 0 Å². The molecule has 7 heteroatoms. The van der Waals surface area contributed by atoms with Crippen LogP contribution in [0, 0.1) is 0 Å². The lowest BCUT2D eigenvalue weighted by Crippen LogP contribution is -2.45. The van der Waals surface area contributed by atoms with Crippen molar-refractivity contribution in [2.24, 2.45) is 4.99 Å². The summed E-state index contributed by atoms with van der Waals surface area (Å²) in [5.41, 5.74) is 0.384. The van der Waals surface area contributed by atoms with E-state index in [1.165, 1.54) is 0 Å². The summed E-state index contributed by atoms with van der Waals surface area (Å²) in [5, 5.41) is 8.93. The first-order valence-electron chi connectivity index (χ1n) is 5.47. The Kier molecular flexibility index (Phi) is 4.28. The van der Waals surface area contributed by atoms with E-state index in [0.29, 0.717) is 28.2 Å². The fraction of sp³-hybridized carbons (Fsp3) is 0.273. The molecule has 0 atom stereocenters. The topological polar surface area (TPSA) is 65.5 Å². The lowest BCUT2D eigenvalue weighted by atomic mass is 10.3. The van der Waals surface area contributed by atoms with E-state index in [9.17, 15) is 4.79 Å². The van der Waals surface area contributed by atoms with Crippen molar-refractivity contribution in [1.82, 2.24) is 10.6 Å². The van der Waals surface area contributed by atoms with Crippen LogP contribution in [0.3, 0.4) is 0 Å². The molecule has 0 spiro atoms. The van der Waals surface area contributed by atoms with Crippen LogP contribution >= 0.6 is 23.2 Å².